The third-order valence-corrected chi connectivity index (χ3v) is 4.53. The lowest BCUT2D eigenvalue weighted by Crippen LogP contribution is -2.50. The molecule has 1 aromatic heterocycles. The molecule has 25 heavy (non-hydrogen) atoms. The van der Waals surface area contributed by atoms with Crippen LogP contribution in [0.15, 0.2) is 42.7 Å². The number of aromatic amines is 1. The van der Waals surface area contributed by atoms with Gasteiger partial charge in [-0.1, -0.05) is 12.1 Å². The highest BCUT2D eigenvalue weighted by Gasteiger charge is 2.24. The zero-order chi connectivity index (χ0) is 17.6. The zero-order valence-electron chi connectivity index (χ0n) is 14.4. The van der Waals surface area contributed by atoms with Crippen LogP contribution in [0.25, 0.3) is 0 Å². The fourth-order valence-electron chi connectivity index (χ4n) is 3.04. The van der Waals surface area contributed by atoms with E-state index in [1.54, 1.807) is 30.5 Å². The summed E-state index contributed by atoms with van der Waals surface area (Å²) in [6.45, 7) is 2.34. The van der Waals surface area contributed by atoms with Gasteiger partial charge in [-0.05, 0) is 30.2 Å². The number of hydrogen-bond donors (Lipinski definition) is 1. The average molecular weight is 341 g/mol. The largest absolute Gasteiger partial charge is 0.497 e. The molecule has 0 aliphatic carbocycles. The summed E-state index contributed by atoms with van der Waals surface area (Å²) in [6, 6.07) is 9.56. The van der Waals surface area contributed by atoms with Gasteiger partial charge in [-0.2, -0.15) is 0 Å². The summed E-state index contributed by atoms with van der Waals surface area (Å²) < 4.78 is 5.21. The lowest BCUT2D eigenvalue weighted by molar-refractivity contribution is -0.132. The fraction of sp³-hybridized carbons (Fsp3) is 0.368. The van der Waals surface area contributed by atoms with Crippen LogP contribution in [-0.4, -0.2) is 59.9 Å². The summed E-state index contributed by atoms with van der Waals surface area (Å²) in [5, 5.41) is 0. The van der Waals surface area contributed by atoms with Crippen LogP contribution >= 0.6 is 0 Å². The molecule has 0 bridgehead atoms. The number of carbonyl (C=O) groups is 2. The second-order valence-electron chi connectivity index (χ2n) is 6.12. The average Bonchev–Trinajstić information content (AvgIpc) is 3.20. The molecule has 132 valence electrons. The van der Waals surface area contributed by atoms with E-state index in [0.717, 1.165) is 11.3 Å². The van der Waals surface area contributed by atoms with Crippen LogP contribution in [0.1, 0.15) is 22.3 Å². The van der Waals surface area contributed by atoms with Crippen LogP contribution < -0.4 is 4.74 Å². The quantitative estimate of drug-likeness (QED) is 0.904. The molecular formula is C19H23N3O3. The molecule has 6 heteroatoms. The summed E-state index contributed by atoms with van der Waals surface area (Å²) in [4.78, 5) is 31.3. The molecule has 1 N–H and O–H groups in total. The predicted octanol–water partition coefficient (Wildman–Crippen LogP) is 1.94. The standard InChI is InChI=1S/C19H23N3O3/c1-25-17-4-2-3-15(13-17)5-6-18(23)21-9-11-22(12-10-21)19(24)16-7-8-20-14-16/h2-4,7-8,13-14,20H,5-6,9-12H2,1H3. The van der Waals surface area contributed by atoms with E-state index in [-0.39, 0.29) is 11.8 Å². The maximum Gasteiger partial charge on any atom is 0.255 e. The number of piperazine rings is 1. The van der Waals surface area contributed by atoms with Gasteiger partial charge in [-0.25, -0.2) is 0 Å². The number of aromatic nitrogens is 1. The molecule has 6 nitrogen and oxygen atoms in total. The molecule has 2 amide bonds. The third-order valence-electron chi connectivity index (χ3n) is 4.53. The minimum absolute atomic E-state index is 0.0183. The van der Waals surface area contributed by atoms with Gasteiger partial charge in [0.2, 0.25) is 5.91 Å². The maximum absolute atomic E-state index is 12.4. The van der Waals surface area contributed by atoms with Gasteiger partial charge in [0.1, 0.15) is 5.75 Å². The number of carbonyl (C=O) groups excluding carboxylic acids is 2. The summed E-state index contributed by atoms with van der Waals surface area (Å²) in [7, 11) is 1.64. The van der Waals surface area contributed by atoms with Gasteiger partial charge < -0.3 is 19.5 Å². The first-order valence-corrected chi connectivity index (χ1v) is 8.50. The van der Waals surface area contributed by atoms with Crippen molar-refractivity contribution in [3.63, 3.8) is 0 Å². The van der Waals surface area contributed by atoms with Crippen LogP contribution in [-0.2, 0) is 11.2 Å². The molecule has 1 fully saturated rings. The molecule has 1 aromatic carbocycles. The van der Waals surface area contributed by atoms with Gasteiger partial charge in [0.15, 0.2) is 0 Å². The monoisotopic (exact) mass is 341 g/mol. The lowest BCUT2D eigenvalue weighted by Gasteiger charge is -2.34. The molecule has 1 aliphatic rings. The van der Waals surface area contributed by atoms with Gasteiger partial charge in [0.25, 0.3) is 5.91 Å². The number of hydrogen-bond acceptors (Lipinski definition) is 3. The highest BCUT2D eigenvalue weighted by molar-refractivity contribution is 5.94. The second kappa shape index (κ2) is 7.88. The van der Waals surface area contributed by atoms with Crippen LogP contribution in [0.4, 0.5) is 0 Å². The highest BCUT2D eigenvalue weighted by Crippen LogP contribution is 2.15. The van der Waals surface area contributed by atoms with Gasteiger partial charge in [-0.3, -0.25) is 9.59 Å². The summed E-state index contributed by atoms with van der Waals surface area (Å²) in [5.74, 6) is 0.961. The molecule has 1 aliphatic heterocycles. The van der Waals surface area contributed by atoms with Crippen LogP contribution in [0.2, 0.25) is 0 Å². The Morgan fingerprint density at radius 3 is 2.56 bits per heavy atom. The topological polar surface area (TPSA) is 65.6 Å². The number of nitrogens with zero attached hydrogens (tertiary/aromatic N) is 2. The Balaban J connectivity index is 1.47. The Bertz CT molecular complexity index is 719. The fourth-order valence-corrected chi connectivity index (χ4v) is 3.04. The van der Waals surface area contributed by atoms with Crippen molar-refractivity contribution in [2.75, 3.05) is 33.3 Å². The van der Waals surface area contributed by atoms with Crippen molar-refractivity contribution in [2.45, 2.75) is 12.8 Å². The van der Waals surface area contributed by atoms with Gasteiger partial charge in [0, 0.05) is 45.0 Å². The van der Waals surface area contributed by atoms with E-state index in [1.165, 1.54) is 0 Å². The highest BCUT2D eigenvalue weighted by atomic mass is 16.5. The summed E-state index contributed by atoms with van der Waals surface area (Å²) in [5.41, 5.74) is 1.76. The van der Waals surface area contributed by atoms with Crippen molar-refractivity contribution in [2.24, 2.45) is 0 Å². The van der Waals surface area contributed by atoms with Crippen LogP contribution in [0, 0.1) is 0 Å². The molecule has 0 spiro atoms. The second-order valence-corrected chi connectivity index (χ2v) is 6.12. The molecule has 2 heterocycles. The zero-order valence-corrected chi connectivity index (χ0v) is 14.4. The predicted molar refractivity (Wildman–Crippen MR) is 94.6 cm³/mol. The number of rotatable bonds is 5. The Morgan fingerprint density at radius 2 is 1.88 bits per heavy atom. The summed E-state index contributed by atoms with van der Waals surface area (Å²) >= 11 is 0. The van der Waals surface area contributed by atoms with Gasteiger partial charge in [-0.15, -0.1) is 0 Å². The minimum Gasteiger partial charge on any atom is -0.497 e. The van der Waals surface area contributed by atoms with E-state index >= 15 is 0 Å². The molecule has 0 radical (unpaired) electrons. The van der Waals surface area contributed by atoms with Crippen molar-refractivity contribution < 1.29 is 14.3 Å². The van der Waals surface area contributed by atoms with Crippen LogP contribution in [0.5, 0.6) is 5.75 Å². The molecule has 1 saturated heterocycles. The number of nitrogens with one attached hydrogen (secondary N) is 1. The number of H-pyrrole nitrogens is 1. The molecule has 2 aromatic rings. The number of benzene rings is 1. The SMILES string of the molecule is COc1cccc(CCC(=O)N2CCN(C(=O)c3cc[nH]c3)CC2)c1. The third kappa shape index (κ3) is 4.21. The van der Waals surface area contributed by atoms with Crippen molar-refractivity contribution >= 4 is 11.8 Å². The maximum atomic E-state index is 12.4. The van der Waals surface area contributed by atoms with E-state index in [1.807, 2.05) is 29.2 Å². The molecule has 0 atom stereocenters. The number of ether oxygens (including phenoxy) is 1. The molecule has 0 saturated carbocycles. The van der Waals surface area contributed by atoms with Crippen molar-refractivity contribution in [3.8, 4) is 5.75 Å². The van der Waals surface area contributed by atoms with Crippen molar-refractivity contribution in [1.82, 2.24) is 14.8 Å². The summed E-state index contributed by atoms with van der Waals surface area (Å²) in [6.07, 6.45) is 4.61. The van der Waals surface area contributed by atoms with Gasteiger partial charge >= 0.3 is 0 Å². The first kappa shape index (κ1) is 17.1. The first-order chi connectivity index (χ1) is 12.2. The first-order valence-electron chi connectivity index (χ1n) is 8.50. The lowest BCUT2D eigenvalue weighted by atomic mass is 10.1. The Hall–Kier alpha value is -2.76. The minimum atomic E-state index is 0.0183. The van der Waals surface area contributed by atoms with E-state index < -0.39 is 0 Å². The van der Waals surface area contributed by atoms with E-state index in [9.17, 15) is 9.59 Å². The van der Waals surface area contributed by atoms with E-state index in [0.29, 0.717) is 44.6 Å². The Labute approximate surface area is 147 Å². The van der Waals surface area contributed by atoms with Gasteiger partial charge in [0.05, 0.1) is 12.7 Å². The van der Waals surface area contributed by atoms with Crippen molar-refractivity contribution in [1.29, 1.82) is 0 Å². The Morgan fingerprint density at radius 1 is 1.12 bits per heavy atom. The number of amides is 2. The molecule has 0 unspecified atom stereocenters. The molecular weight excluding hydrogens is 318 g/mol. The van der Waals surface area contributed by atoms with Crippen LogP contribution in [0.3, 0.4) is 0 Å². The molecule has 3 rings (SSSR count). The number of methoxy groups -OCH3 is 1. The van der Waals surface area contributed by atoms with Crippen molar-refractivity contribution in [3.05, 3.63) is 53.9 Å². The smallest absolute Gasteiger partial charge is 0.255 e. The normalized spacial score (nSPS) is 14.4. The Kier molecular flexibility index (Phi) is 5.38. The van der Waals surface area contributed by atoms with E-state index in [4.69, 9.17) is 4.74 Å². The number of aryl methyl sites for hydroxylation is 1. The van der Waals surface area contributed by atoms with E-state index in [2.05, 4.69) is 4.98 Å².